The lowest BCUT2D eigenvalue weighted by atomic mass is 10.1. The molecule has 2 rings (SSSR count). The number of likely N-dealkylation sites (N-methyl/N-ethyl adjacent to an activating group) is 1. The first kappa shape index (κ1) is 11.7. The maximum atomic E-state index is 11.3. The maximum absolute atomic E-state index is 11.3. The molecule has 0 spiro atoms. The van der Waals surface area contributed by atoms with Gasteiger partial charge < -0.3 is 15.6 Å². The van der Waals surface area contributed by atoms with Gasteiger partial charge in [0.2, 0.25) is 5.91 Å². The van der Waals surface area contributed by atoms with Gasteiger partial charge >= 0.3 is 0 Å². The van der Waals surface area contributed by atoms with Crippen molar-refractivity contribution in [3.63, 3.8) is 0 Å². The van der Waals surface area contributed by atoms with Crippen LogP contribution in [0.1, 0.15) is 12.5 Å². The normalized spacial score (nSPS) is 12.6. The minimum Gasteiger partial charge on any atom is -0.361 e. The molecule has 1 heterocycles. The number of hydrogen-bond donors (Lipinski definition) is 3. The van der Waals surface area contributed by atoms with Gasteiger partial charge in [-0.25, -0.2) is 0 Å². The average Bonchev–Trinajstić information content (AvgIpc) is 2.82. The first-order chi connectivity index (χ1) is 8.20. The van der Waals surface area contributed by atoms with Crippen LogP contribution in [-0.4, -0.2) is 24.0 Å². The Labute approximate surface area is 100 Å². The Morgan fingerprint density at radius 3 is 3.00 bits per heavy atom. The van der Waals surface area contributed by atoms with E-state index < -0.39 is 0 Å². The number of carbonyl (C=O) groups excluding carboxylic acids is 1. The van der Waals surface area contributed by atoms with Crippen molar-refractivity contribution in [3.05, 3.63) is 36.0 Å². The van der Waals surface area contributed by atoms with E-state index in [0.29, 0.717) is 6.54 Å². The number of nitrogens with one attached hydrogen (secondary N) is 3. The summed E-state index contributed by atoms with van der Waals surface area (Å²) in [5.41, 5.74) is 2.31. The lowest BCUT2D eigenvalue weighted by molar-refractivity contribution is -0.122. The van der Waals surface area contributed by atoms with E-state index in [-0.39, 0.29) is 11.9 Å². The Morgan fingerprint density at radius 1 is 1.41 bits per heavy atom. The molecule has 17 heavy (non-hydrogen) atoms. The van der Waals surface area contributed by atoms with E-state index >= 15 is 0 Å². The molecule has 4 nitrogen and oxygen atoms in total. The fourth-order valence-corrected chi connectivity index (χ4v) is 1.79. The topological polar surface area (TPSA) is 56.9 Å². The van der Waals surface area contributed by atoms with Gasteiger partial charge in [-0.15, -0.1) is 0 Å². The van der Waals surface area contributed by atoms with Gasteiger partial charge in [0.1, 0.15) is 0 Å². The lowest BCUT2D eigenvalue weighted by Gasteiger charge is -2.12. The van der Waals surface area contributed by atoms with Crippen LogP contribution in [0.25, 0.3) is 10.9 Å². The zero-order valence-electron chi connectivity index (χ0n) is 10.1. The smallest absolute Gasteiger partial charge is 0.236 e. The number of fused-ring (bicyclic) bond motifs is 1. The van der Waals surface area contributed by atoms with Crippen molar-refractivity contribution >= 4 is 16.8 Å². The highest BCUT2D eigenvalue weighted by atomic mass is 16.2. The van der Waals surface area contributed by atoms with Crippen LogP contribution < -0.4 is 10.6 Å². The maximum Gasteiger partial charge on any atom is 0.236 e. The summed E-state index contributed by atoms with van der Waals surface area (Å²) in [6, 6.07) is 8.09. The zero-order chi connectivity index (χ0) is 12.3. The SMILES string of the molecule is CNC(=O)C(C)NCc1ccc2[nH]ccc2c1. The molecule has 3 N–H and O–H groups in total. The molecule has 0 bridgehead atoms. The Hall–Kier alpha value is -1.81. The van der Waals surface area contributed by atoms with E-state index in [2.05, 4.69) is 33.8 Å². The largest absolute Gasteiger partial charge is 0.361 e. The summed E-state index contributed by atoms with van der Waals surface area (Å²) in [6.45, 7) is 2.55. The third-order valence-electron chi connectivity index (χ3n) is 2.87. The predicted octanol–water partition coefficient (Wildman–Crippen LogP) is 1.39. The van der Waals surface area contributed by atoms with Crippen molar-refractivity contribution in [2.45, 2.75) is 19.5 Å². The molecular weight excluding hydrogens is 214 g/mol. The van der Waals surface area contributed by atoms with Crippen molar-refractivity contribution in [2.24, 2.45) is 0 Å². The van der Waals surface area contributed by atoms with Gasteiger partial charge in [0.25, 0.3) is 0 Å². The third kappa shape index (κ3) is 2.65. The van der Waals surface area contributed by atoms with Crippen molar-refractivity contribution in [1.29, 1.82) is 0 Å². The van der Waals surface area contributed by atoms with Crippen LogP contribution in [0.3, 0.4) is 0 Å². The van der Waals surface area contributed by atoms with Crippen LogP contribution in [0.5, 0.6) is 0 Å². The minimum atomic E-state index is -0.179. The van der Waals surface area contributed by atoms with Gasteiger partial charge in [0.05, 0.1) is 6.04 Å². The fraction of sp³-hybridized carbons (Fsp3) is 0.308. The summed E-state index contributed by atoms with van der Waals surface area (Å²) in [7, 11) is 1.65. The van der Waals surface area contributed by atoms with Crippen molar-refractivity contribution < 1.29 is 4.79 Å². The van der Waals surface area contributed by atoms with Gasteiger partial charge in [0.15, 0.2) is 0 Å². The quantitative estimate of drug-likeness (QED) is 0.745. The molecule has 0 radical (unpaired) electrons. The molecule has 2 aromatic rings. The summed E-state index contributed by atoms with van der Waals surface area (Å²) >= 11 is 0. The Bertz CT molecular complexity index is 518. The molecular formula is C13H17N3O. The summed E-state index contributed by atoms with van der Waals surface area (Å²) in [6.07, 6.45) is 1.93. The molecule has 1 aromatic heterocycles. The Kier molecular flexibility index (Phi) is 3.44. The standard InChI is InChI=1S/C13H17N3O/c1-9(13(17)14-2)16-8-10-3-4-12-11(7-10)5-6-15-12/h3-7,9,15-16H,8H2,1-2H3,(H,14,17). The van der Waals surface area contributed by atoms with Crippen molar-refractivity contribution in [2.75, 3.05) is 7.05 Å². The lowest BCUT2D eigenvalue weighted by Crippen LogP contribution is -2.40. The Balaban J connectivity index is 2.01. The van der Waals surface area contributed by atoms with Crippen LogP contribution in [0.4, 0.5) is 0 Å². The third-order valence-corrected chi connectivity index (χ3v) is 2.87. The van der Waals surface area contributed by atoms with Crippen LogP contribution in [0.2, 0.25) is 0 Å². The monoisotopic (exact) mass is 231 g/mol. The molecule has 0 aliphatic rings. The molecule has 90 valence electrons. The highest BCUT2D eigenvalue weighted by Crippen LogP contribution is 2.14. The summed E-state index contributed by atoms with van der Waals surface area (Å²) < 4.78 is 0. The molecule has 1 unspecified atom stereocenters. The molecule has 0 saturated carbocycles. The first-order valence-corrected chi connectivity index (χ1v) is 5.71. The zero-order valence-corrected chi connectivity index (χ0v) is 10.1. The molecule has 1 amide bonds. The molecule has 4 heteroatoms. The molecule has 0 aliphatic heterocycles. The van der Waals surface area contributed by atoms with E-state index in [1.807, 2.05) is 19.2 Å². The Morgan fingerprint density at radius 2 is 2.24 bits per heavy atom. The van der Waals surface area contributed by atoms with Crippen LogP contribution in [0, 0.1) is 0 Å². The number of aromatic amines is 1. The number of H-pyrrole nitrogens is 1. The second kappa shape index (κ2) is 5.01. The molecule has 0 fully saturated rings. The van der Waals surface area contributed by atoms with E-state index in [1.165, 1.54) is 10.9 Å². The van der Waals surface area contributed by atoms with Gasteiger partial charge in [-0.3, -0.25) is 4.79 Å². The van der Waals surface area contributed by atoms with Crippen molar-refractivity contribution in [3.8, 4) is 0 Å². The number of amides is 1. The second-order valence-corrected chi connectivity index (χ2v) is 4.12. The number of benzene rings is 1. The highest BCUT2D eigenvalue weighted by molar-refractivity contribution is 5.81. The van der Waals surface area contributed by atoms with E-state index in [4.69, 9.17) is 0 Å². The van der Waals surface area contributed by atoms with Gasteiger partial charge in [-0.1, -0.05) is 6.07 Å². The second-order valence-electron chi connectivity index (χ2n) is 4.12. The summed E-state index contributed by atoms with van der Waals surface area (Å²) in [5.74, 6) is 0.00715. The minimum absolute atomic E-state index is 0.00715. The van der Waals surface area contributed by atoms with Crippen LogP contribution >= 0.6 is 0 Å². The van der Waals surface area contributed by atoms with Gasteiger partial charge in [0, 0.05) is 25.3 Å². The average molecular weight is 231 g/mol. The van der Waals surface area contributed by atoms with E-state index in [9.17, 15) is 4.79 Å². The number of rotatable bonds is 4. The molecule has 0 saturated heterocycles. The van der Waals surface area contributed by atoms with Crippen LogP contribution in [0.15, 0.2) is 30.5 Å². The van der Waals surface area contributed by atoms with E-state index in [0.717, 1.165) is 5.52 Å². The number of hydrogen-bond acceptors (Lipinski definition) is 2. The van der Waals surface area contributed by atoms with Crippen LogP contribution in [-0.2, 0) is 11.3 Å². The molecule has 0 aliphatic carbocycles. The van der Waals surface area contributed by atoms with Gasteiger partial charge in [-0.2, -0.15) is 0 Å². The van der Waals surface area contributed by atoms with E-state index in [1.54, 1.807) is 7.05 Å². The summed E-state index contributed by atoms with van der Waals surface area (Å²) in [5, 5.41) is 7.00. The van der Waals surface area contributed by atoms with Crippen molar-refractivity contribution in [1.82, 2.24) is 15.6 Å². The molecule has 1 atom stereocenters. The summed E-state index contributed by atoms with van der Waals surface area (Å²) in [4.78, 5) is 14.5. The predicted molar refractivity (Wildman–Crippen MR) is 68.7 cm³/mol. The number of aromatic nitrogens is 1. The first-order valence-electron chi connectivity index (χ1n) is 5.71. The number of carbonyl (C=O) groups is 1. The fourth-order valence-electron chi connectivity index (χ4n) is 1.79. The molecule has 1 aromatic carbocycles. The highest BCUT2D eigenvalue weighted by Gasteiger charge is 2.09. The van der Waals surface area contributed by atoms with Gasteiger partial charge in [-0.05, 0) is 36.1 Å².